The molecule has 3 rings (SSSR count). The van der Waals surface area contributed by atoms with Crippen LogP contribution in [0.15, 0.2) is 24.3 Å². The highest BCUT2D eigenvalue weighted by molar-refractivity contribution is 8.77. The van der Waals surface area contributed by atoms with Gasteiger partial charge in [0.2, 0.25) is 5.91 Å². The zero-order valence-electron chi connectivity index (χ0n) is 15.3. The van der Waals surface area contributed by atoms with Crippen LogP contribution >= 0.6 is 33.2 Å². The minimum absolute atomic E-state index is 0.00453. The lowest BCUT2D eigenvalue weighted by Crippen LogP contribution is -2.33. The van der Waals surface area contributed by atoms with Crippen LogP contribution < -0.4 is 0 Å². The maximum atomic E-state index is 12.7. The summed E-state index contributed by atoms with van der Waals surface area (Å²) in [6.07, 6.45) is 5.33. The third-order valence-electron chi connectivity index (χ3n) is 5.24. The van der Waals surface area contributed by atoms with Crippen molar-refractivity contribution in [3.8, 4) is 0 Å². The summed E-state index contributed by atoms with van der Waals surface area (Å²) in [6.45, 7) is 0.764. The molecule has 27 heavy (non-hydrogen) atoms. The molecule has 0 spiro atoms. The lowest BCUT2D eigenvalue weighted by molar-refractivity contribution is -0.131. The predicted molar refractivity (Wildman–Crippen MR) is 116 cm³/mol. The van der Waals surface area contributed by atoms with E-state index in [-0.39, 0.29) is 18.2 Å². The summed E-state index contributed by atoms with van der Waals surface area (Å²) in [5, 5.41) is 0.597. The Morgan fingerprint density at radius 1 is 1.19 bits per heavy atom. The second-order valence-electron chi connectivity index (χ2n) is 7.12. The lowest BCUT2D eigenvalue weighted by Gasteiger charge is -2.20. The van der Waals surface area contributed by atoms with Crippen molar-refractivity contribution in [2.75, 3.05) is 24.6 Å². The first-order valence-electron chi connectivity index (χ1n) is 9.49. The fourth-order valence-electron chi connectivity index (χ4n) is 3.65. The summed E-state index contributed by atoms with van der Waals surface area (Å²) in [7, 11) is 0.599. The molecular formula is C19H26ClNO3S3. The molecule has 0 bridgehead atoms. The largest absolute Gasteiger partial charge is 0.342 e. The van der Waals surface area contributed by atoms with E-state index in [1.165, 1.54) is 18.6 Å². The van der Waals surface area contributed by atoms with Crippen LogP contribution in [-0.4, -0.2) is 49.1 Å². The molecular weight excluding hydrogens is 422 g/mol. The maximum absolute atomic E-state index is 12.7. The number of hydrogen-bond acceptors (Lipinski definition) is 5. The Labute approximate surface area is 175 Å². The van der Waals surface area contributed by atoms with Crippen molar-refractivity contribution < 1.29 is 13.2 Å². The molecule has 2 heterocycles. The highest BCUT2D eigenvalue weighted by Crippen LogP contribution is 2.40. The Morgan fingerprint density at radius 3 is 2.74 bits per heavy atom. The molecule has 0 saturated carbocycles. The van der Waals surface area contributed by atoms with Crippen molar-refractivity contribution in [3.63, 3.8) is 0 Å². The van der Waals surface area contributed by atoms with E-state index in [2.05, 4.69) is 0 Å². The number of nitrogens with zero attached hydrogens (tertiary/aromatic N) is 1. The molecule has 150 valence electrons. The van der Waals surface area contributed by atoms with Gasteiger partial charge in [-0.05, 0) is 37.3 Å². The number of unbranched alkanes of at least 4 members (excludes halogenated alkanes) is 1. The smallest absolute Gasteiger partial charge is 0.222 e. The lowest BCUT2D eigenvalue weighted by atomic mass is 10.1. The molecule has 0 N–H and O–H groups in total. The van der Waals surface area contributed by atoms with Crippen molar-refractivity contribution in [1.82, 2.24) is 4.90 Å². The summed E-state index contributed by atoms with van der Waals surface area (Å²) in [4.78, 5) is 14.3. The fraction of sp³-hybridized carbons (Fsp3) is 0.632. The topological polar surface area (TPSA) is 54.5 Å². The molecule has 0 aliphatic carbocycles. The van der Waals surface area contributed by atoms with Crippen LogP contribution in [-0.2, 0) is 14.6 Å². The number of sulfone groups is 1. The molecule has 2 aliphatic rings. The second-order valence-corrected chi connectivity index (χ2v) is 12.6. The first-order chi connectivity index (χ1) is 13.0. The van der Waals surface area contributed by atoms with Crippen molar-refractivity contribution in [1.29, 1.82) is 0 Å². The van der Waals surface area contributed by atoms with E-state index >= 15 is 0 Å². The van der Waals surface area contributed by atoms with Gasteiger partial charge in [-0.15, -0.1) is 0 Å². The first kappa shape index (κ1) is 21.3. The van der Waals surface area contributed by atoms with E-state index in [1.807, 2.05) is 27.7 Å². The van der Waals surface area contributed by atoms with Gasteiger partial charge in [0.25, 0.3) is 0 Å². The van der Waals surface area contributed by atoms with E-state index in [9.17, 15) is 13.2 Å². The van der Waals surface area contributed by atoms with E-state index in [0.717, 1.165) is 18.1 Å². The molecule has 1 aromatic carbocycles. The van der Waals surface area contributed by atoms with E-state index in [0.29, 0.717) is 30.0 Å². The summed E-state index contributed by atoms with van der Waals surface area (Å²) < 4.78 is 25.5. The standard InChI is InChI=1S/C19H26ClNO3S3/c20-17-7-3-2-6-16(17)18-9-11-21(12-14-27(18,23)24)19(22)8-4-1-5-15-10-13-25-26-15/h2-3,6-7,15,18H,1,4-5,8-14H2/t15-,18+/m1/s1. The monoisotopic (exact) mass is 447 g/mol. The number of carbonyl (C=O) groups is 1. The third kappa shape index (κ3) is 5.81. The van der Waals surface area contributed by atoms with Gasteiger partial charge in [0.05, 0.1) is 11.0 Å². The van der Waals surface area contributed by atoms with Gasteiger partial charge in [-0.25, -0.2) is 8.42 Å². The minimum Gasteiger partial charge on any atom is -0.342 e. The maximum Gasteiger partial charge on any atom is 0.222 e. The van der Waals surface area contributed by atoms with Crippen LogP contribution in [0.25, 0.3) is 0 Å². The number of amides is 1. The molecule has 0 radical (unpaired) electrons. The van der Waals surface area contributed by atoms with Gasteiger partial charge in [-0.1, -0.05) is 57.8 Å². The quantitative estimate of drug-likeness (QED) is 0.465. The summed E-state index contributed by atoms with van der Waals surface area (Å²) >= 11 is 6.23. The van der Waals surface area contributed by atoms with E-state index in [4.69, 9.17) is 11.6 Å². The predicted octanol–water partition coefficient (Wildman–Crippen LogP) is 4.74. The SMILES string of the molecule is O=C(CCCC[C@@H]1CCSS1)N1CC[C@@H](c2ccccc2Cl)S(=O)(=O)CC1. The third-order valence-corrected chi connectivity index (χ3v) is 10.7. The van der Waals surface area contributed by atoms with Gasteiger partial charge >= 0.3 is 0 Å². The van der Waals surface area contributed by atoms with Crippen LogP contribution in [0.4, 0.5) is 0 Å². The van der Waals surface area contributed by atoms with Crippen molar-refractivity contribution in [3.05, 3.63) is 34.9 Å². The number of hydrogen-bond donors (Lipinski definition) is 0. The van der Waals surface area contributed by atoms with Gasteiger partial charge < -0.3 is 4.90 Å². The van der Waals surface area contributed by atoms with E-state index in [1.54, 1.807) is 23.1 Å². The molecule has 1 aromatic rings. The van der Waals surface area contributed by atoms with Crippen molar-refractivity contribution in [2.45, 2.75) is 49.0 Å². The summed E-state index contributed by atoms with van der Waals surface area (Å²) in [5.74, 6) is 1.33. The van der Waals surface area contributed by atoms with Crippen LogP contribution in [0, 0.1) is 0 Å². The molecule has 0 unspecified atom stereocenters. The summed E-state index contributed by atoms with van der Waals surface area (Å²) in [5.41, 5.74) is 0.653. The van der Waals surface area contributed by atoms with Gasteiger partial charge in [0, 0.05) is 35.5 Å². The highest BCUT2D eigenvalue weighted by Gasteiger charge is 2.33. The van der Waals surface area contributed by atoms with Crippen LogP contribution in [0.3, 0.4) is 0 Å². The molecule has 8 heteroatoms. The number of carbonyl (C=O) groups excluding carboxylic acids is 1. The average molecular weight is 448 g/mol. The van der Waals surface area contributed by atoms with Gasteiger partial charge in [0.1, 0.15) is 0 Å². The molecule has 2 atom stereocenters. The Hall–Kier alpha value is -0.370. The number of benzene rings is 1. The second kappa shape index (κ2) is 9.90. The van der Waals surface area contributed by atoms with Crippen molar-refractivity contribution >= 4 is 48.9 Å². The first-order valence-corrected chi connectivity index (χ1v) is 14.0. The normalized spacial score (nSPS) is 25.3. The fourth-order valence-corrected chi connectivity index (χ4v) is 8.83. The molecule has 0 aromatic heterocycles. The molecule has 2 saturated heterocycles. The van der Waals surface area contributed by atoms with Crippen LogP contribution in [0.1, 0.15) is 49.3 Å². The molecule has 2 aliphatic heterocycles. The zero-order chi connectivity index (χ0) is 19.3. The molecule has 2 fully saturated rings. The Balaban J connectivity index is 1.53. The van der Waals surface area contributed by atoms with Gasteiger partial charge in [0.15, 0.2) is 9.84 Å². The van der Waals surface area contributed by atoms with Crippen LogP contribution in [0.2, 0.25) is 5.02 Å². The Kier molecular flexibility index (Phi) is 7.83. The number of rotatable bonds is 6. The Bertz CT molecular complexity index is 750. The van der Waals surface area contributed by atoms with Crippen LogP contribution in [0.5, 0.6) is 0 Å². The zero-order valence-corrected chi connectivity index (χ0v) is 18.5. The van der Waals surface area contributed by atoms with Crippen molar-refractivity contribution in [2.24, 2.45) is 0 Å². The average Bonchev–Trinajstić information content (AvgIpc) is 3.10. The number of halogens is 1. The van der Waals surface area contributed by atoms with Gasteiger partial charge in [-0.2, -0.15) is 0 Å². The highest BCUT2D eigenvalue weighted by atomic mass is 35.5. The molecule has 1 amide bonds. The summed E-state index contributed by atoms with van der Waals surface area (Å²) in [6, 6.07) is 7.11. The molecule has 4 nitrogen and oxygen atoms in total. The Morgan fingerprint density at radius 2 is 2.00 bits per heavy atom. The van der Waals surface area contributed by atoms with E-state index < -0.39 is 15.1 Å². The minimum atomic E-state index is -3.32. The van der Waals surface area contributed by atoms with Gasteiger partial charge in [-0.3, -0.25) is 4.79 Å².